The van der Waals surface area contributed by atoms with Crippen molar-refractivity contribution in [3.8, 4) is 0 Å². The molecule has 5 aliphatic carbocycles. The van der Waals surface area contributed by atoms with Gasteiger partial charge < -0.3 is 14.6 Å². The second-order valence-electron chi connectivity index (χ2n) is 18.6. The number of carbonyl (C=O) groups is 3. The highest BCUT2D eigenvalue weighted by Crippen LogP contribution is 2.75. The lowest BCUT2D eigenvalue weighted by molar-refractivity contribution is -0.220. The number of esters is 1. The SMILES string of the molecule is C=CCO[C@H]1CC[C@@]2(C)[C@@H](CC[C@]3(C)[C@@H]2C(=O)C=C2[C@@H]4C[C@@](C)(C(=O)OC(c5ccccc5)c5ccccc5)CC[C@]4(C)CC[C@]23C)[C@]1(C)C(=O)O. The topological polar surface area (TPSA) is 89.9 Å². The maximum atomic E-state index is 14.9. The van der Waals surface area contributed by atoms with Gasteiger partial charge in [-0.05, 0) is 122 Å². The molecule has 0 saturated heterocycles. The van der Waals surface area contributed by atoms with Crippen molar-refractivity contribution in [1.82, 2.24) is 0 Å². The molecule has 0 bridgehead atoms. The molecule has 1 N–H and O–H groups in total. The molecule has 4 saturated carbocycles. The first-order valence-corrected chi connectivity index (χ1v) is 19.6. The Morgan fingerprint density at radius 1 is 0.865 bits per heavy atom. The second kappa shape index (κ2) is 12.8. The van der Waals surface area contributed by atoms with E-state index >= 15 is 0 Å². The van der Waals surface area contributed by atoms with Gasteiger partial charge in [-0.3, -0.25) is 14.4 Å². The van der Waals surface area contributed by atoms with Crippen LogP contribution in [0.3, 0.4) is 0 Å². The van der Waals surface area contributed by atoms with Gasteiger partial charge in [-0.2, -0.15) is 0 Å². The lowest BCUT2D eigenvalue weighted by Crippen LogP contribution is -2.68. The largest absolute Gasteiger partial charge is 0.481 e. The van der Waals surface area contributed by atoms with Crippen LogP contribution in [0.25, 0.3) is 0 Å². The molecule has 0 aromatic heterocycles. The van der Waals surface area contributed by atoms with Gasteiger partial charge in [-0.25, -0.2) is 0 Å². The summed E-state index contributed by atoms with van der Waals surface area (Å²) in [6, 6.07) is 19.9. The molecule has 7 rings (SSSR count). The Hall–Kier alpha value is -3.51. The van der Waals surface area contributed by atoms with Crippen molar-refractivity contribution in [1.29, 1.82) is 0 Å². The molecule has 52 heavy (non-hydrogen) atoms. The van der Waals surface area contributed by atoms with E-state index in [1.165, 1.54) is 5.57 Å². The fraction of sp³-hybridized carbons (Fsp3) is 0.587. The van der Waals surface area contributed by atoms with Gasteiger partial charge in [0.15, 0.2) is 11.9 Å². The summed E-state index contributed by atoms with van der Waals surface area (Å²) in [6.45, 7) is 17.4. The number of benzene rings is 2. The Morgan fingerprint density at radius 3 is 2.08 bits per heavy atom. The summed E-state index contributed by atoms with van der Waals surface area (Å²) in [5.74, 6) is -1.27. The molecule has 0 heterocycles. The van der Waals surface area contributed by atoms with E-state index in [-0.39, 0.29) is 45.8 Å². The third-order valence-corrected chi connectivity index (χ3v) is 16.0. The Balaban J connectivity index is 1.22. The first-order valence-electron chi connectivity index (χ1n) is 19.6. The van der Waals surface area contributed by atoms with Crippen molar-refractivity contribution in [2.75, 3.05) is 6.61 Å². The molecule has 10 atom stereocenters. The third kappa shape index (κ3) is 5.32. The number of ether oxygens (including phenoxy) is 2. The van der Waals surface area contributed by atoms with Crippen LogP contribution in [0.15, 0.2) is 85.0 Å². The van der Waals surface area contributed by atoms with Crippen LogP contribution in [0.1, 0.15) is 117 Å². The van der Waals surface area contributed by atoms with Gasteiger partial charge in [-0.1, -0.05) is 100 Å². The molecule has 2 aromatic carbocycles. The van der Waals surface area contributed by atoms with E-state index in [9.17, 15) is 19.5 Å². The molecule has 0 unspecified atom stereocenters. The summed E-state index contributed by atoms with van der Waals surface area (Å²) in [7, 11) is 0. The number of carbonyl (C=O) groups excluding carboxylic acids is 2. The highest BCUT2D eigenvalue weighted by Gasteiger charge is 2.72. The fourth-order valence-electron chi connectivity index (χ4n) is 12.6. The van der Waals surface area contributed by atoms with Gasteiger partial charge in [0.25, 0.3) is 0 Å². The predicted octanol–water partition coefficient (Wildman–Crippen LogP) is 9.94. The summed E-state index contributed by atoms with van der Waals surface area (Å²) < 4.78 is 12.7. The zero-order chi connectivity index (χ0) is 37.3. The van der Waals surface area contributed by atoms with E-state index in [1.807, 2.05) is 73.7 Å². The van der Waals surface area contributed by atoms with Gasteiger partial charge in [0.05, 0.1) is 23.5 Å². The minimum Gasteiger partial charge on any atom is -0.481 e. The number of allylic oxidation sites excluding steroid dienone is 2. The first kappa shape index (κ1) is 36.8. The quantitative estimate of drug-likeness (QED) is 0.217. The van der Waals surface area contributed by atoms with Crippen LogP contribution in [0.4, 0.5) is 0 Å². The molecule has 0 aliphatic heterocycles. The second-order valence-corrected chi connectivity index (χ2v) is 18.6. The zero-order valence-corrected chi connectivity index (χ0v) is 32.1. The zero-order valence-electron chi connectivity index (χ0n) is 32.1. The van der Waals surface area contributed by atoms with Crippen molar-refractivity contribution in [2.45, 2.75) is 112 Å². The Kier molecular flexibility index (Phi) is 9.08. The molecular formula is C46H58O6. The number of ketones is 1. The smallest absolute Gasteiger partial charge is 0.312 e. The average Bonchev–Trinajstić information content (AvgIpc) is 3.12. The number of rotatable bonds is 8. The predicted molar refractivity (Wildman–Crippen MR) is 202 cm³/mol. The van der Waals surface area contributed by atoms with Crippen molar-refractivity contribution in [3.63, 3.8) is 0 Å². The normalized spacial score (nSPS) is 41.1. The summed E-state index contributed by atoms with van der Waals surface area (Å²) in [4.78, 5) is 42.5. The van der Waals surface area contributed by atoms with E-state index in [0.29, 0.717) is 19.4 Å². The van der Waals surface area contributed by atoms with Gasteiger partial charge in [-0.15, -0.1) is 6.58 Å². The molecule has 6 heteroatoms. The molecule has 2 aromatic rings. The molecule has 6 nitrogen and oxygen atoms in total. The number of hydrogen-bond donors (Lipinski definition) is 1. The van der Waals surface area contributed by atoms with E-state index in [1.54, 1.807) is 6.08 Å². The molecular weight excluding hydrogens is 649 g/mol. The Labute approximate surface area is 310 Å². The number of carboxylic acids is 1. The standard InChI is InChI=1S/C46H58O6/c1-8-27-51-36-20-21-43(4)35(46(36,7)39(48)49)19-22-45(6)38(43)34(47)28-32-33-29-42(3,24-23-41(33,2)25-26-44(32,45)5)40(50)52-37(30-15-11-9-12-16-30)31-17-13-10-14-18-31/h8-18,28,33,35-38H,1,19-27,29H2,2-7H3,(H,48,49)/t33-,35+,36-,38+,41+,42-,43-,44+,45+,46-/m0/s1. The number of hydrogen-bond acceptors (Lipinski definition) is 5. The third-order valence-electron chi connectivity index (χ3n) is 16.0. The molecule has 0 radical (unpaired) electrons. The van der Waals surface area contributed by atoms with Crippen LogP contribution < -0.4 is 0 Å². The van der Waals surface area contributed by atoms with Crippen molar-refractivity contribution >= 4 is 17.7 Å². The molecule has 0 spiro atoms. The van der Waals surface area contributed by atoms with Crippen molar-refractivity contribution in [3.05, 3.63) is 96.1 Å². The van der Waals surface area contributed by atoms with Gasteiger partial charge in [0.1, 0.15) is 0 Å². The minimum atomic E-state index is -1.10. The lowest BCUT2D eigenvalue weighted by atomic mass is 9.33. The molecule has 4 fully saturated rings. The van der Waals surface area contributed by atoms with E-state index in [2.05, 4.69) is 41.2 Å². The molecule has 278 valence electrons. The highest BCUT2D eigenvalue weighted by atomic mass is 16.5. The number of aliphatic carboxylic acids is 1. The number of fused-ring (bicyclic) bond motifs is 7. The summed E-state index contributed by atoms with van der Waals surface area (Å²) >= 11 is 0. The maximum Gasteiger partial charge on any atom is 0.312 e. The summed E-state index contributed by atoms with van der Waals surface area (Å²) in [5, 5.41) is 10.8. The van der Waals surface area contributed by atoms with Crippen molar-refractivity contribution in [2.24, 2.45) is 50.2 Å². The maximum absolute atomic E-state index is 14.9. The molecule has 5 aliphatic rings. The van der Waals surface area contributed by atoms with E-state index in [4.69, 9.17) is 9.47 Å². The van der Waals surface area contributed by atoms with Crippen LogP contribution in [-0.4, -0.2) is 35.5 Å². The van der Waals surface area contributed by atoms with E-state index < -0.39 is 34.4 Å². The van der Waals surface area contributed by atoms with Crippen LogP contribution in [0.5, 0.6) is 0 Å². The van der Waals surface area contributed by atoms with Crippen LogP contribution in [0.2, 0.25) is 0 Å². The first-order chi connectivity index (χ1) is 24.6. The van der Waals surface area contributed by atoms with Gasteiger partial charge >= 0.3 is 11.9 Å². The van der Waals surface area contributed by atoms with Crippen LogP contribution in [0, 0.1) is 50.2 Å². The summed E-state index contributed by atoms with van der Waals surface area (Å²) in [5.41, 5.74) is 0.216. The number of carboxylic acid groups (broad SMARTS) is 1. The van der Waals surface area contributed by atoms with Gasteiger partial charge in [0.2, 0.25) is 0 Å². The van der Waals surface area contributed by atoms with Crippen LogP contribution in [-0.2, 0) is 23.9 Å². The summed E-state index contributed by atoms with van der Waals surface area (Å²) in [6.07, 6.45) is 9.94. The fourth-order valence-corrected chi connectivity index (χ4v) is 12.6. The highest BCUT2D eigenvalue weighted by molar-refractivity contribution is 5.96. The van der Waals surface area contributed by atoms with Crippen molar-refractivity contribution < 1.29 is 29.0 Å². The van der Waals surface area contributed by atoms with Crippen LogP contribution >= 0.6 is 0 Å². The average molecular weight is 707 g/mol. The molecule has 0 amide bonds. The lowest BCUT2D eigenvalue weighted by Gasteiger charge is -2.70. The van der Waals surface area contributed by atoms with E-state index in [0.717, 1.165) is 56.1 Å². The minimum absolute atomic E-state index is 0.0175. The Bertz CT molecular complexity index is 1730. The Morgan fingerprint density at radius 2 is 1.48 bits per heavy atom. The monoisotopic (exact) mass is 706 g/mol. The van der Waals surface area contributed by atoms with Gasteiger partial charge in [0, 0.05) is 5.92 Å².